The van der Waals surface area contributed by atoms with Gasteiger partial charge in [-0.05, 0) is 26.3 Å². The highest BCUT2D eigenvalue weighted by molar-refractivity contribution is 5.81. The summed E-state index contributed by atoms with van der Waals surface area (Å²) in [6, 6.07) is 9.75. The molecule has 22 heavy (non-hydrogen) atoms. The minimum Gasteiger partial charge on any atom is -0.463 e. The van der Waals surface area contributed by atoms with Gasteiger partial charge < -0.3 is 18.9 Å². The lowest BCUT2D eigenvalue weighted by Gasteiger charge is -2.49. The number of rotatable bonds is 3. The van der Waals surface area contributed by atoms with E-state index >= 15 is 0 Å². The second-order valence-electron chi connectivity index (χ2n) is 6.49. The zero-order chi connectivity index (χ0) is 15.8. The average molecular weight is 306 g/mol. The van der Waals surface area contributed by atoms with Crippen LogP contribution in [0.2, 0.25) is 0 Å². The Kier molecular flexibility index (Phi) is 3.97. The highest BCUT2D eigenvalue weighted by atomic mass is 16.7. The molecule has 2 aliphatic heterocycles. The summed E-state index contributed by atoms with van der Waals surface area (Å²) in [7, 11) is 0. The molecule has 0 amide bonds. The maximum Gasteiger partial charge on any atom is 0.340 e. The van der Waals surface area contributed by atoms with Crippen LogP contribution in [0.4, 0.5) is 0 Å². The lowest BCUT2D eigenvalue weighted by Crippen LogP contribution is -2.64. The van der Waals surface area contributed by atoms with E-state index in [4.69, 9.17) is 18.9 Å². The van der Waals surface area contributed by atoms with Gasteiger partial charge in [-0.15, -0.1) is 0 Å². The molecular formula is C17H22O5. The Morgan fingerprint density at radius 2 is 1.91 bits per heavy atom. The van der Waals surface area contributed by atoms with Crippen LogP contribution >= 0.6 is 0 Å². The van der Waals surface area contributed by atoms with E-state index in [-0.39, 0.29) is 18.0 Å². The van der Waals surface area contributed by atoms with Gasteiger partial charge in [0.1, 0.15) is 6.10 Å². The van der Waals surface area contributed by atoms with Gasteiger partial charge >= 0.3 is 5.97 Å². The van der Waals surface area contributed by atoms with Crippen LogP contribution in [0, 0.1) is 5.92 Å². The number of ether oxygens (including phenoxy) is 4. The Bertz CT molecular complexity index is 541. The molecule has 0 spiro atoms. The third-order valence-corrected chi connectivity index (χ3v) is 4.24. The van der Waals surface area contributed by atoms with Gasteiger partial charge in [0.15, 0.2) is 11.4 Å². The summed E-state index contributed by atoms with van der Waals surface area (Å²) in [4.78, 5) is 12.3. The first-order valence-electron chi connectivity index (χ1n) is 7.58. The van der Waals surface area contributed by atoms with E-state index in [1.54, 1.807) is 6.92 Å². The van der Waals surface area contributed by atoms with Crippen LogP contribution in [-0.2, 0) is 30.3 Å². The molecule has 3 atom stereocenters. The molecule has 5 heteroatoms. The fourth-order valence-corrected chi connectivity index (χ4v) is 2.92. The van der Waals surface area contributed by atoms with Crippen LogP contribution in [0.3, 0.4) is 0 Å². The first-order valence-corrected chi connectivity index (χ1v) is 7.58. The Morgan fingerprint density at radius 3 is 2.64 bits per heavy atom. The smallest absolute Gasteiger partial charge is 0.340 e. The maximum absolute atomic E-state index is 12.3. The predicted molar refractivity (Wildman–Crippen MR) is 79.0 cm³/mol. The summed E-state index contributed by atoms with van der Waals surface area (Å²) in [5, 5.41) is 0. The van der Waals surface area contributed by atoms with Crippen LogP contribution in [0.1, 0.15) is 26.3 Å². The molecule has 2 aliphatic rings. The molecule has 2 heterocycles. The van der Waals surface area contributed by atoms with E-state index in [1.165, 1.54) is 0 Å². The molecule has 0 unspecified atom stereocenters. The van der Waals surface area contributed by atoms with E-state index in [0.717, 1.165) is 5.56 Å². The molecule has 0 bridgehead atoms. The zero-order valence-electron chi connectivity index (χ0n) is 13.2. The molecular weight excluding hydrogens is 284 g/mol. The highest BCUT2D eigenvalue weighted by Gasteiger charge is 2.56. The number of hydrogen-bond acceptors (Lipinski definition) is 5. The molecule has 0 N–H and O–H groups in total. The van der Waals surface area contributed by atoms with Crippen molar-refractivity contribution < 1.29 is 23.7 Å². The van der Waals surface area contributed by atoms with Crippen LogP contribution in [0.15, 0.2) is 30.3 Å². The van der Waals surface area contributed by atoms with Crippen LogP contribution in [0.25, 0.3) is 0 Å². The molecule has 0 aromatic heterocycles. The van der Waals surface area contributed by atoms with E-state index in [9.17, 15) is 4.79 Å². The van der Waals surface area contributed by atoms with Crippen LogP contribution in [-0.4, -0.2) is 36.7 Å². The van der Waals surface area contributed by atoms with Crippen molar-refractivity contribution in [3.63, 3.8) is 0 Å². The first kappa shape index (κ1) is 15.5. The Hall–Kier alpha value is -1.43. The summed E-state index contributed by atoms with van der Waals surface area (Å²) >= 11 is 0. The zero-order valence-corrected chi connectivity index (χ0v) is 13.2. The normalized spacial score (nSPS) is 33.9. The summed E-state index contributed by atoms with van der Waals surface area (Å²) in [5.41, 5.74) is -0.121. The van der Waals surface area contributed by atoms with Gasteiger partial charge in [-0.1, -0.05) is 30.3 Å². The molecule has 1 aromatic rings. The number of carbonyl (C=O) groups excluding carboxylic acids is 1. The molecule has 2 saturated heterocycles. The summed E-state index contributed by atoms with van der Waals surface area (Å²) in [6.45, 7) is 6.58. The standard InChI is InChI=1S/C17H22O5/c1-16(2)20-11-13-10-19-15(18)17(3,14(13)22-16)21-9-12-7-5-4-6-8-12/h4-8,13-14H,9-11H2,1-3H3/t13-,14-,17-/m0/s1. The number of esters is 1. The van der Waals surface area contributed by atoms with Crippen LogP contribution in [0.5, 0.6) is 0 Å². The molecule has 5 nitrogen and oxygen atoms in total. The molecule has 3 rings (SSSR count). The fourth-order valence-electron chi connectivity index (χ4n) is 2.92. The molecule has 0 radical (unpaired) electrons. The summed E-state index contributed by atoms with van der Waals surface area (Å²) in [6.07, 6.45) is -0.374. The van der Waals surface area contributed by atoms with E-state index in [1.807, 2.05) is 44.2 Å². The minimum absolute atomic E-state index is 0.00787. The number of fused-ring (bicyclic) bond motifs is 1. The number of cyclic esters (lactones) is 1. The SMILES string of the molecule is CC1(C)OC[C@@H]2COC(=O)[C@@](C)(OCc3ccccc3)[C@H]2O1. The van der Waals surface area contributed by atoms with Crippen molar-refractivity contribution in [3.05, 3.63) is 35.9 Å². The van der Waals surface area contributed by atoms with Crippen molar-refractivity contribution in [1.82, 2.24) is 0 Å². The Balaban J connectivity index is 1.79. The maximum atomic E-state index is 12.3. The van der Waals surface area contributed by atoms with Crippen LogP contribution < -0.4 is 0 Å². The minimum atomic E-state index is -1.13. The van der Waals surface area contributed by atoms with Crippen molar-refractivity contribution >= 4 is 5.97 Å². The lowest BCUT2D eigenvalue weighted by molar-refractivity contribution is -0.338. The van der Waals surface area contributed by atoms with E-state index in [0.29, 0.717) is 19.8 Å². The number of hydrogen-bond donors (Lipinski definition) is 0. The fraction of sp³-hybridized carbons (Fsp3) is 0.588. The molecule has 0 aliphatic carbocycles. The van der Waals surface area contributed by atoms with Gasteiger partial charge in [-0.25, -0.2) is 4.79 Å². The molecule has 0 saturated carbocycles. The topological polar surface area (TPSA) is 54.0 Å². The molecule has 1 aromatic carbocycles. The van der Waals surface area contributed by atoms with Crippen molar-refractivity contribution in [2.45, 2.75) is 44.9 Å². The second-order valence-corrected chi connectivity index (χ2v) is 6.49. The quantitative estimate of drug-likeness (QED) is 0.802. The average Bonchev–Trinajstić information content (AvgIpc) is 2.50. The van der Waals surface area contributed by atoms with Gasteiger partial charge in [0, 0.05) is 5.92 Å². The predicted octanol–water partition coefficient (Wildman–Crippen LogP) is 2.29. The third kappa shape index (κ3) is 2.89. The van der Waals surface area contributed by atoms with Crippen molar-refractivity contribution in [2.24, 2.45) is 5.92 Å². The first-order chi connectivity index (χ1) is 10.4. The highest BCUT2D eigenvalue weighted by Crippen LogP contribution is 2.38. The van der Waals surface area contributed by atoms with Crippen molar-refractivity contribution in [3.8, 4) is 0 Å². The van der Waals surface area contributed by atoms with Gasteiger partial charge in [0.05, 0.1) is 19.8 Å². The number of carbonyl (C=O) groups is 1. The monoisotopic (exact) mass is 306 g/mol. The van der Waals surface area contributed by atoms with Gasteiger partial charge in [0.2, 0.25) is 0 Å². The number of benzene rings is 1. The van der Waals surface area contributed by atoms with Crippen molar-refractivity contribution in [2.75, 3.05) is 13.2 Å². The van der Waals surface area contributed by atoms with Gasteiger partial charge in [0.25, 0.3) is 0 Å². The Labute approximate surface area is 130 Å². The van der Waals surface area contributed by atoms with E-state index in [2.05, 4.69) is 0 Å². The summed E-state index contributed by atoms with van der Waals surface area (Å²) in [5.74, 6) is -1.11. The van der Waals surface area contributed by atoms with Crippen molar-refractivity contribution in [1.29, 1.82) is 0 Å². The summed E-state index contributed by atoms with van der Waals surface area (Å²) < 4.78 is 22.9. The lowest BCUT2D eigenvalue weighted by atomic mass is 9.85. The van der Waals surface area contributed by atoms with Gasteiger partial charge in [-0.3, -0.25) is 0 Å². The largest absolute Gasteiger partial charge is 0.463 e. The second kappa shape index (κ2) is 5.65. The van der Waals surface area contributed by atoms with E-state index < -0.39 is 11.4 Å². The molecule has 120 valence electrons. The Morgan fingerprint density at radius 1 is 1.18 bits per heavy atom. The third-order valence-electron chi connectivity index (χ3n) is 4.24. The van der Waals surface area contributed by atoms with Gasteiger partial charge in [-0.2, -0.15) is 0 Å². The molecule has 2 fully saturated rings.